The predicted octanol–water partition coefficient (Wildman–Crippen LogP) is 4.95. The number of allylic oxidation sites excluding steroid dienone is 5. The van der Waals surface area contributed by atoms with Crippen LogP contribution in [-0.2, 0) is 16.1 Å². The molecule has 4 atom stereocenters. The van der Waals surface area contributed by atoms with Gasteiger partial charge in [0.1, 0.15) is 0 Å². The zero-order valence-corrected chi connectivity index (χ0v) is 24.1. The third-order valence-electron chi connectivity index (χ3n) is 7.36. The Morgan fingerprint density at radius 1 is 1.13 bits per heavy atom. The van der Waals surface area contributed by atoms with E-state index in [1.165, 1.54) is 6.42 Å². The number of benzene rings is 1. The van der Waals surface area contributed by atoms with E-state index >= 15 is 0 Å². The van der Waals surface area contributed by atoms with Gasteiger partial charge in [0.05, 0.1) is 11.4 Å². The average Bonchev–Trinajstić information content (AvgIpc) is 3.02. The Kier molecular flexibility index (Phi) is 10.7. The number of hydrogen-bond donors (Lipinski definition) is 2. The molecule has 2 aliphatic heterocycles. The summed E-state index contributed by atoms with van der Waals surface area (Å²) in [6.07, 6.45) is 13.6. The molecule has 206 valence electrons. The molecule has 0 spiro atoms. The number of halogens is 3. The molecule has 2 amide bonds. The molecule has 4 rings (SSSR count). The van der Waals surface area contributed by atoms with Crippen LogP contribution in [0.1, 0.15) is 38.2 Å². The van der Waals surface area contributed by atoms with Gasteiger partial charge in [-0.05, 0) is 73.7 Å². The Morgan fingerprint density at radius 3 is 2.58 bits per heavy atom. The van der Waals surface area contributed by atoms with Crippen molar-refractivity contribution in [2.75, 3.05) is 32.7 Å². The molecule has 2 N–H and O–H groups in total. The standard InChI is InChI=1S/C29H37Cl3N4O2/c1-20-13-21(5-7-26(20)32)6-8-28(37)33-17-25-9-12-36(18-22-14-23(30)16-24(31)15-22)29(38)27(34-25)19-35-10-3-2-4-11-35/h5-8,13-16,20,25-27,34H,2-4,9-12,17-19H2,1H3,(H,33,37)/b8-6+/t20?,25-,26?,27-/m0/s1. The molecular weight excluding hydrogens is 543 g/mol. The lowest BCUT2D eigenvalue weighted by molar-refractivity contribution is -0.133. The summed E-state index contributed by atoms with van der Waals surface area (Å²) in [5.74, 6) is 0.137. The minimum atomic E-state index is -0.342. The average molecular weight is 580 g/mol. The molecule has 1 aliphatic carbocycles. The smallest absolute Gasteiger partial charge is 0.244 e. The number of likely N-dealkylation sites (tertiary alicyclic amines) is 1. The summed E-state index contributed by atoms with van der Waals surface area (Å²) in [5, 5.41) is 7.68. The maximum absolute atomic E-state index is 13.7. The fraction of sp³-hybridized carbons (Fsp3) is 0.517. The van der Waals surface area contributed by atoms with Crippen molar-refractivity contribution in [3.05, 3.63) is 69.8 Å². The summed E-state index contributed by atoms with van der Waals surface area (Å²) in [5.41, 5.74) is 1.88. The highest BCUT2D eigenvalue weighted by molar-refractivity contribution is 6.34. The molecule has 0 bridgehead atoms. The van der Waals surface area contributed by atoms with Crippen molar-refractivity contribution >= 4 is 46.6 Å². The summed E-state index contributed by atoms with van der Waals surface area (Å²) in [6.45, 7) is 6.21. The number of rotatable bonds is 8. The van der Waals surface area contributed by atoms with Gasteiger partial charge in [0.2, 0.25) is 11.8 Å². The second kappa shape index (κ2) is 14.0. The van der Waals surface area contributed by atoms with Crippen LogP contribution in [0.4, 0.5) is 0 Å². The number of amides is 2. The van der Waals surface area contributed by atoms with Crippen LogP contribution in [-0.4, -0.2) is 71.8 Å². The first-order valence-electron chi connectivity index (χ1n) is 13.5. The monoisotopic (exact) mass is 578 g/mol. The third kappa shape index (κ3) is 8.59. The van der Waals surface area contributed by atoms with E-state index in [0.717, 1.165) is 43.5 Å². The first-order valence-corrected chi connectivity index (χ1v) is 14.7. The number of carbonyl (C=O) groups excluding carboxylic acids is 2. The molecule has 0 saturated carbocycles. The van der Waals surface area contributed by atoms with Gasteiger partial charge in [0.25, 0.3) is 0 Å². The number of carbonyl (C=O) groups is 2. The van der Waals surface area contributed by atoms with Gasteiger partial charge in [-0.25, -0.2) is 0 Å². The van der Waals surface area contributed by atoms with E-state index in [-0.39, 0.29) is 35.2 Å². The minimum absolute atomic E-state index is 0.0155. The SMILES string of the molecule is CC1C=C(/C=C/C(=O)NC[C@@H]2CCN(Cc3cc(Cl)cc(Cl)c3)C(=O)[C@H](CN3CCCCC3)N2)C=CC1Cl. The van der Waals surface area contributed by atoms with Crippen molar-refractivity contribution in [2.24, 2.45) is 5.92 Å². The maximum atomic E-state index is 13.7. The summed E-state index contributed by atoms with van der Waals surface area (Å²) < 4.78 is 0. The van der Waals surface area contributed by atoms with Crippen LogP contribution in [0.2, 0.25) is 10.0 Å². The van der Waals surface area contributed by atoms with E-state index in [0.29, 0.717) is 36.2 Å². The fourth-order valence-corrected chi connectivity index (χ4v) is 5.96. The molecule has 1 aromatic rings. The molecule has 38 heavy (non-hydrogen) atoms. The van der Waals surface area contributed by atoms with Crippen molar-refractivity contribution < 1.29 is 9.59 Å². The van der Waals surface area contributed by atoms with Crippen LogP contribution in [0.15, 0.2) is 54.2 Å². The summed E-state index contributed by atoms with van der Waals surface area (Å²) in [6, 6.07) is 5.04. The van der Waals surface area contributed by atoms with E-state index < -0.39 is 0 Å². The number of nitrogens with zero attached hydrogens (tertiary/aromatic N) is 2. The Bertz CT molecular complexity index is 1060. The molecule has 9 heteroatoms. The van der Waals surface area contributed by atoms with Gasteiger partial charge in [-0.2, -0.15) is 0 Å². The highest BCUT2D eigenvalue weighted by Gasteiger charge is 2.32. The molecule has 2 saturated heterocycles. The maximum Gasteiger partial charge on any atom is 0.244 e. The van der Waals surface area contributed by atoms with E-state index in [1.54, 1.807) is 12.1 Å². The number of alkyl halides is 1. The normalized spacial score (nSPS) is 26.9. The van der Waals surface area contributed by atoms with Crippen LogP contribution < -0.4 is 10.6 Å². The lowest BCUT2D eigenvalue weighted by atomic mass is 9.97. The van der Waals surface area contributed by atoms with E-state index in [2.05, 4.69) is 28.5 Å². The van der Waals surface area contributed by atoms with Gasteiger partial charge in [-0.15, -0.1) is 11.6 Å². The highest BCUT2D eigenvalue weighted by Crippen LogP contribution is 2.23. The van der Waals surface area contributed by atoms with Crippen LogP contribution in [0.5, 0.6) is 0 Å². The first-order chi connectivity index (χ1) is 18.3. The minimum Gasteiger partial charge on any atom is -0.351 e. The molecule has 0 radical (unpaired) electrons. The molecule has 6 nitrogen and oxygen atoms in total. The molecule has 2 fully saturated rings. The molecular formula is C29H37Cl3N4O2. The fourth-order valence-electron chi connectivity index (χ4n) is 5.25. The van der Waals surface area contributed by atoms with Crippen LogP contribution >= 0.6 is 34.8 Å². The largest absolute Gasteiger partial charge is 0.351 e. The lowest BCUT2D eigenvalue weighted by Gasteiger charge is -2.32. The van der Waals surface area contributed by atoms with Crippen molar-refractivity contribution in [1.29, 1.82) is 0 Å². The molecule has 0 aromatic heterocycles. The van der Waals surface area contributed by atoms with Gasteiger partial charge in [0, 0.05) is 48.3 Å². The third-order valence-corrected chi connectivity index (χ3v) is 8.34. The molecule has 3 aliphatic rings. The first kappa shape index (κ1) is 29.2. The number of nitrogens with one attached hydrogen (secondary N) is 2. The van der Waals surface area contributed by atoms with E-state index in [9.17, 15) is 9.59 Å². The zero-order chi connectivity index (χ0) is 27.1. The van der Waals surface area contributed by atoms with Gasteiger partial charge in [-0.1, -0.05) is 54.8 Å². The highest BCUT2D eigenvalue weighted by atomic mass is 35.5. The molecule has 1 aromatic carbocycles. The Hall–Kier alpha value is -1.83. The van der Waals surface area contributed by atoms with Gasteiger partial charge < -0.3 is 20.4 Å². The summed E-state index contributed by atoms with van der Waals surface area (Å²) in [7, 11) is 0. The van der Waals surface area contributed by atoms with Gasteiger partial charge in [-0.3, -0.25) is 9.59 Å². The second-order valence-electron chi connectivity index (χ2n) is 10.5. The van der Waals surface area contributed by atoms with Crippen molar-refractivity contribution in [3.8, 4) is 0 Å². The van der Waals surface area contributed by atoms with Crippen molar-refractivity contribution in [1.82, 2.24) is 20.4 Å². The predicted molar refractivity (Wildman–Crippen MR) is 156 cm³/mol. The van der Waals surface area contributed by atoms with Gasteiger partial charge in [0.15, 0.2) is 0 Å². The van der Waals surface area contributed by atoms with Crippen molar-refractivity contribution in [3.63, 3.8) is 0 Å². The van der Waals surface area contributed by atoms with Crippen molar-refractivity contribution in [2.45, 2.75) is 56.6 Å². The van der Waals surface area contributed by atoms with Gasteiger partial charge >= 0.3 is 0 Å². The van der Waals surface area contributed by atoms with Crippen LogP contribution in [0.25, 0.3) is 0 Å². The number of hydrogen-bond acceptors (Lipinski definition) is 4. The van der Waals surface area contributed by atoms with E-state index in [4.69, 9.17) is 34.8 Å². The summed E-state index contributed by atoms with van der Waals surface area (Å²) in [4.78, 5) is 30.5. The second-order valence-corrected chi connectivity index (χ2v) is 11.9. The Morgan fingerprint density at radius 2 is 1.87 bits per heavy atom. The Balaban J connectivity index is 1.39. The van der Waals surface area contributed by atoms with Crippen LogP contribution in [0, 0.1) is 5.92 Å². The topological polar surface area (TPSA) is 64.7 Å². The molecule has 2 heterocycles. The lowest BCUT2D eigenvalue weighted by Crippen LogP contribution is -2.54. The number of piperidine rings is 1. The van der Waals surface area contributed by atoms with E-state index in [1.807, 2.05) is 35.3 Å². The molecule has 2 unspecified atom stereocenters. The Labute approximate surface area is 241 Å². The van der Waals surface area contributed by atoms with Crippen LogP contribution in [0.3, 0.4) is 0 Å². The summed E-state index contributed by atoms with van der Waals surface area (Å²) >= 11 is 18.6. The quantitative estimate of drug-likeness (QED) is 0.338. The zero-order valence-electron chi connectivity index (χ0n) is 21.8.